The van der Waals surface area contributed by atoms with Gasteiger partial charge >= 0.3 is 0 Å². The Morgan fingerprint density at radius 1 is 1.29 bits per heavy atom. The SMILES string of the molecule is Cc1cc(NC(=O)CNC(=O)c2coc([C@H](C)N)n2)ccc1N1CCCCC1. The molecule has 1 fully saturated rings. The molecule has 28 heavy (non-hydrogen) atoms. The number of benzene rings is 1. The molecular weight excluding hydrogens is 358 g/mol. The van der Waals surface area contributed by atoms with E-state index in [0.29, 0.717) is 5.69 Å². The topological polar surface area (TPSA) is 113 Å². The summed E-state index contributed by atoms with van der Waals surface area (Å²) >= 11 is 0. The lowest BCUT2D eigenvalue weighted by molar-refractivity contribution is -0.115. The van der Waals surface area contributed by atoms with Crippen LogP contribution in [0.4, 0.5) is 11.4 Å². The lowest BCUT2D eigenvalue weighted by Crippen LogP contribution is -2.33. The molecular formula is C20H27N5O3. The molecule has 0 radical (unpaired) electrons. The molecule has 2 amide bonds. The minimum absolute atomic E-state index is 0.0989. The maximum atomic E-state index is 12.2. The van der Waals surface area contributed by atoms with E-state index in [1.807, 2.05) is 25.1 Å². The van der Waals surface area contributed by atoms with Crippen LogP contribution in [0.1, 0.15) is 54.2 Å². The molecule has 3 rings (SSSR count). The maximum absolute atomic E-state index is 12.2. The van der Waals surface area contributed by atoms with Gasteiger partial charge in [0.15, 0.2) is 5.69 Å². The fraction of sp³-hybridized carbons (Fsp3) is 0.450. The zero-order valence-electron chi connectivity index (χ0n) is 16.3. The van der Waals surface area contributed by atoms with Crippen LogP contribution in [0.5, 0.6) is 0 Å². The first-order chi connectivity index (χ1) is 13.4. The molecule has 150 valence electrons. The van der Waals surface area contributed by atoms with E-state index in [4.69, 9.17) is 10.2 Å². The van der Waals surface area contributed by atoms with Gasteiger partial charge < -0.3 is 25.7 Å². The molecule has 1 atom stereocenters. The highest BCUT2D eigenvalue weighted by Crippen LogP contribution is 2.26. The number of carbonyl (C=O) groups excluding carboxylic acids is 2. The van der Waals surface area contributed by atoms with Crippen molar-refractivity contribution in [3.63, 3.8) is 0 Å². The van der Waals surface area contributed by atoms with Crippen LogP contribution in [0, 0.1) is 6.92 Å². The summed E-state index contributed by atoms with van der Waals surface area (Å²) in [5.41, 5.74) is 8.79. The van der Waals surface area contributed by atoms with Gasteiger partial charge in [0.25, 0.3) is 5.91 Å². The summed E-state index contributed by atoms with van der Waals surface area (Å²) in [7, 11) is 0. The predicted octanol–water partition coefficient (Wildman–Crippen LogP) is 2.36. The van der Waals surface area contributed by atoms with Crippen LogP contribution in [-0.4, -0.2) is 36.4 Å². The van der Waals surface area contributed by atoms with Crippen LogP contribution < -0.4 is 21.3 Å². The number of anilines is 2. The van der Waals surface area contributed by atoms with Gasteiger partial charge in [-0.05, 0) is 56.9 Å². The summed E-state index contributed by atoms with van der Waals surface area (Å²) in [6.45, 7) is 5.74. The molecule has 0 bridgehead atoms. The normalized spacial score (nSPS) is 15.2. The maximum Gasteiger partial charge on any atom is 0.273 e. The summed E-state index contributed by atoms with van der Waals surface area (Å²) in [5, 5.41) is 5.33. The first-order valence-electron chi connectivity index (χ1n) is 9.58. The fourth-order valence-electron chi connectivity index (χ4n) is 3.28. The van der Waals surface area contributed by atoms with Crippen molar-refractivity contribution in [3.05, 3.63) is 41.6 Å². The number of hydrogen-bond acceptors (Lipinski definition) is 6. The Balaban J connectivity index is 1.52. The number of rotatable bonds is 6. The highest BCUT2D eigenvalue weighted by atomic mass is 16.3. The number of hydrogen-bond donors (Lipinski definition) is 3. The Labute approximate surface area is 164 Å². The number of nitrogens with two attached hydrogens (primary N) is 1. The molecule has 1 aromatic carbocycles. The standard InChI is InChI=1S/C20H27N5O3/c1-13-10-15(6-7-17(13)25-8-4-3-5-9-25)23-18(26)11-22-19(27)16-12-28-20(24-16)14(2)21/h6-7,10,12,14H,3-5,8-9,11,21H2,1-2H3,(H,22,27)(H,23,26)/t14-/m0/s1. The lowest BCUT2D eigenvalue weighted by atomic mass is 10.1. The molecule has 0 aliphatic carbocycles. The van der Waals surface area contributed by atoms with E-state index in [1.165, 1.54) is 31.2 Å². The van der Waals surface area contributed by atoms with Crippen molar-refractivity contribution in [2.75, 3.05) is 29.9 Å². The number of nitrogens with zero attached hydrogens (tertiary/aromatic N) is 2. The number of nitrogens with one attached hydrogen (secondary N) is 2. The Hall–Kier alpha value is -2.87. The van der Waals surface area contributed by atoms with E-state index >= 15 is 0 Å². The van der Waals surface area contributed by atoms with E-state index in [9.17, 15) is 9.59 Å². The van der Waals surface area contributed by atoms with Crippen molar-refractivity contribution in [3.8, 4) is 0 Å². The number of amides is 2. The van der Waals surface area contributed by atoms with Crippen molar-refractivity contribution in [1.29, 1.82) is 0 Å². The molecule has 2 aromatic rings. The van der Waals surface area contributed by atoms with Gasteiger partial charge in [0.05, 0.1) is 12.6 Å². The highest BCUT2D eigenvalue weighted by Gasteiger charge is 2.16. The smallest absolute Gasteiger partial charge is 0.273 e. The number of piperidine rings is 1. The van der Waals surface area contributed by atoms with E-state index in [0.717, 1.165) is 18.7 Å². The van der Waals surface area contributed by atoms with Crippen molar-refractivity contribution in [2.24, 2.45) is 5.73 Å². The summed E-state index contributed by atoms with van der Waals surface area (Å²) in [6, 6.07) is 5.49. The van der Waals surface area contributed by atoms with Crippen LogP contribution in [0.15, 0.2) is 28.9 Å². The molecule has 8 nitrogen and oxygen atoms in total. The summed E-state index contributed by atoms with van der Waals surface area (Å²) in [5.74, 6) is -0.518. The number of aromatic nitrogens is 1. The Kier molecular flexibility index (Phi) is 6.30. The van der Waals surface area contributed by atoms with Crippen LogP contribution in [-0.2, 0) is 4.79 Å². The minimum Gasteiger partial charge on any atom is -0.446 e. The van der Waals surface area contributed by atoms with Crippen LogP contribution in [0.25, 0.3) is 0 Å². The molecule has 0 unspecified atom stereocenters. The molecule has 0 spiro atoms. The Bertz CT molecular complexity index is 840. The Morgan fingerprint density at radius 3 is 2.68 bits per heavy atom. The van der Waals surface area contributed by atoms with E-state index in [2.05, 4.69) is 20.5 Å². The number of aryl methyl sites for hydroxylation is 1. The third-order valence-corrected chi connectivity index (χ3v) is 4.73. The van der Waals surface area contributed by atoms with E-state index in [1.54, 1.807) is 6.92 Å². The van der Waals surface area contributed by atoms with Gasteiger partial charge in [0.2, 0.25) is 11.8 Å². The molecule has 1 saturated heterocycles. The molecule has 0 saturated carbocycles. The minimum atomic E-state index is -0.484. The van der Waals surface area contributed by atoms with Crippen LogP contribution in [0.3, 0.4) is 0 Å². The third-order valence-electron chi connectivity index (χ3n) is 4.73. The first kappa shape index (κ1) is 19.9. The second-order valence-electron chi connectivity index (χ2n) is 7.14. The monoisotopic (exact) mass is 385 g/mol. The molecule has 8 heteroatoms. The number of carbonyl (C=O) groups is 2. The Morgan fingerprint density at radius 2 is 2.04 bits per heavy atom. The molecule has 1 aliphatic rings. The second kappa shape index (κ2) is 8.88. The summed E-state index contributed by atoms with van der Waals surface area (Å²) in [4.78, 5) is 30.6. The van der Waals surface area contributed by atoms with Gasteiger partial charge in [-0.3, -0.25) is 9.59 Å². The van der Waals surface area contributed by atoms with Gasteiger partial charge in [-0.15, -0.1) is 0 Å². The highest BCUT2D eigenvalue weighted by molar-refractivity contribution is 5.98. The van der Waals surface area contributed by atoms with Crippen molar-refractivity contribution < 1.29 is 14.0 Å². The average molecular weight is 385 g/mol. The quantitative estimate of drug-likeness (QED) is 0.703. The van der Waals surface area contributed by atoms with Crippen molar-refractivity contribution in [2.45, 2.75) is 39.2 Å². The van der Waals surface area contributed by atoms with Crippen molar-refractivity contribution >= 4 is 23.2 Å². The van der Waals surface area contributed by atoms with Gasteiger partial charge in [-0.2, -0.15) is 0 Å². The molecule has 1 aliphatic heterocycles. The second-order valence-corrected chi connectivity index (χ2v) is 7.14. The van der Waals surface area contributed by atoms with Gasteiger partial charge in [-0.1, -0.05) is 0 Å². The van der Waals surface area contributed by atoms with Gasteiger partial charge in [0.1, 0.15) is 6.26 Å². The average Bonchev–Trinajstić information content (AvgIpc) is 3.18. The summed E-state index contributed by atoms with van der Waals surface area (Å²) < 4.78 is 5.12. The van der Waals surface area contributed by atoms with Crippen LogP contribution in [0.2, 0.25) is 0 Å². The zero-order chi connectivity index (χ0) is 20.1. The number of oxazole rings is 1. The summed E-state index contributed by atoms with van der Waals surface area (Å²) in [6.07, 6.45) is 4.95. The fourth-order valence-corrected chi connectivity index (χ4v) is 3.28. The predicted molar refractivity (Wildman–Crippen MR) is 107 cm³/mol. The van der Waals surface area contributed by atoms with E-state index < -0.39 is 11.9 Å². The van der Waals surface area contributed by atoms with Crippen molar-refractivity contribution in [1.82, 2.24) is 10.3 Å². The van der Waals surface area contributed by atoms with E-state index in [-0.39, 0.29) is 24.0 Å². The largest absolute Gasteiger partial charge is 0.446 e. The lowest BCUT2D eigenvalue weighted by Gasteiger charge is -2.30. The van der Waals surface area contributed by atoms with Gasteiger partial charge in [-0.25, -0.2) is 4.98 Å². The first-order valence-corrected chi connectivity index (χ1v) is 9.58. The molecule has 1 aromatic heterocycles. The van der Waals surface area contributed by atoms with Crippen LogP contribution >= 0.6 is 0 Å². The molecule has 4 N–H and O–H groups in total. The molecule has 2 heterocycles. The van der Waals surface area contributed by atoms with Gasteiger partial charge in [0, 0.05) is 24.5 Å². The third kappa shape index (κ3) is 4.89. The zero-order valence-corrected chi connectivity index (χ0v) is 16.3.